The molecule has 106 valence electrons. The molecule has 1 aromatic heterocycles. The first-order valence-electron chi connectivity index (χ1n) is 6.44. The number of benzene rings is 2. The zero-order chi connectivity index (χ0) is 14.7. The summed E-state index contributed by atoms with van der Waals surface area (Å²) in [6.07, 6.45) is 1.97. The monoisotopic (exact) mass is 314 g/mol. The summed E-state index contributed by atoms with van der Waals surface area (Å²) in [5.41, 5.74) is 0.917. The molecule has 1 heterocycles. The van der Waals surface area contributed by atoms with Crippen LogP contribution in [0.15, 0.2) is 58.1 Å². The van der Waals surface area contributed by atoms with Crippen LogP contribution < -0.4 is 4.74 Å². The van der Waals surface area contributed by atoms with E-state index in [4.69, 9.17) is 4.74 Å². The average Bonchev–Trinajstić information content (AvgIpc) is 2.89. The van der Waals surface area contributed by atoms with E-state index >= 15 is 0 Å². The summed E-state index contributed by atoms with van der Waals surface area (Å²) in [7, 11) is 1.59. The number of ether oxygens (including phenoxy) is 1. The van der Waals surface area contributed by atoms with Crippen molar-refractivity contribution in [1.82, 2.24) is 0 Å². The molecule has 21 heavy (non-hydrogen) atoms. The first-order valence-corrected chi connectivity index (χ1v) is 8.14. The van der Waals surface area contributed by atoms with Gasteiger partial charge in [-0.3, -0.25) is 0 Å². The molecule has 4 heteroatoms. The molecule has 0 unspecified atom stereocenters. The molecule has 0 saturated heterocycles. The lowest BCUT2D eigenvalue weighted by molar-refractivity contribution is 0.407. The molecule has 1 N–H and O–H groups in total. The molecule has 2 aromatic carbocycles. The van der Waals surface area contributed by atoms with E-state index in [1.165, 1.54) is 14.3 Å². The Morgan fingerprint density at radius 3 is 2.81 bits per heavy atom. The largest absolute Gasteiger partial charge is 0.508 e. The van der Waals surface area contributed by atoms with E-state index in [2.05, 4.69) is 30.3 Å². The molecule has 0 radical (unpaired) electrons. The molecule has 0 aliphatic rings. The average molecular weight is 314 g/mol. The van der Waals surface area contributed by atoms with Gasteiger partial charge in [0.1, 0.15) is 11.5 Å². The van der Waals surface area contributed by atoms with Gasteiger partial charge in [0, 0.05) is 10.8 Å². The first kappa shape index (κ1) is 14.0. The number of hydrogen-bond acceptors (Lipinski definition) is 4. The molecule has 0 bridgehead atoms. The zero-order valence-corrected chi connectivity index (χ0v) is 13.1. The minimum absolute atomic E-state index is 0.209. The van der Waals surface area contributed by atoms with Crippen molar-refractivity contribution in [2.45, 2.75) is 4.21 Å². The van der Waals surface area contributed by atoms with Gasteiger partial charge in [0.2, 0.25) is 0 Å². The minimum Gasteiger partial charge on any atom is -0.508 e. The Kier molecular flexibility index (Phi) is 4.18. The van der Waals surface area contributed by atoms with Crippen molar-refractivity contribution in [3.05, 3.63) is 59.5 Å². The van der Waals surface area contributed by atoms with E-state index in [1.54, 1.807) is 42.3 Å². The van der Waals surface area contributed by atoms with Crippen LogP contribution in [0.3, 0.4) is 0 Å². The summed E-state index contributed by atoms with van der Waals surface area (Å²) in [6.45, 7) is 0. The Bertz CT molecular complexity index is 757. The van der Waals surface area contributed by atoms with Crippen molar-refractivity contribution in [2.24, 2.45) is 0 Å². The van der Waals surface area contributed by atoms with Crippen LogP contribution in [0.25, 0.3) is 16.2 Å². The van der Waals surface area contributed by atoms with Crippen molar-refractivity contribution < 1.29 is 9.84 Å². The van der Waals surface area contributed by atoms with Gasteiger partial charge in [-0.1, -0.05) is 30.0 Å². The molecule has 0 aliphatic heterocycles. The predicted molar refractivity (Wildman–Crippen MR) is 91.4 cm³/mol. The van der Waals surface area contributed by atoms with E-state index in [1.807, 2.05) is 17.6 Å². The lowest BCUT2D eigenvalue weighted by Crippen LogP contribution is -1.83. The van der Waals surface area contributed by atoms with Gasteiger partial charge in [0.15, 0.2) is 0 Å². The van der Waals surface area contributed by atoms with E-state index in [9.17, 15) is 5.11 Å². The molecule has 0 aliphatic carbocycles. The third-order valence-corrected chi connectivity index (χ3v) is 5.07. The number of fused-ring (bicyclic) bond motifs is 1. The van der Waals surface area contributed by atoms with Gasteiger partial charge in [-0.05, 0) is 46.7 Å². The number of hydrogen-bond donors (Lipinski definition) is 1. The van der Waals surface area contributed by atoms with Crippen LogP contribution in [0.2, 0.25) is 0 Å². The number of thioether (sulfide) groups is 1. The van der Waals surface area contributed by atoms with Crippen LogP contribution in [0.4, 0.5) is 0 Å². The second-order valence-electron chi connectivity index (χ2n) is 4.49. The Hall–Kier alpha value is -1.91. The molecule has 0 saturated carbocycles. The number of phenols is 1. The van der Waals surface area contributed by atoms with Crippen molar-refractivity contribution in [3.8, 4) is 11.5 Å². The fourth-order valence-corrected chi connectivity index (χ4v) is 3.99. The van der Waals surface area contributed by atoms with E-state index in [-0.39, 0.29) is 5.75 Å². The second kappa shape index (κ2) is 6.24. The summed E-state index contributed by atoms with van der Waals surface area (Å²) in [4.78, 5) is 0. The number of rotatable bonds is 4. The molecule has 3 aromatic rings. The van der Waals surface area contributed by atoms with E-state index in [0.717, 1.165) is 5.56 Å². The van der Waals surface area contributed by atoms with Crippen LogP contribution in [-0.2, 0) is 0 Å². The Morgan fingerprint density at radius 2 is 2.00 bits per heavy atom. The second-order valence-corrected chi connectivity index (χ2v) is 6.78. The van der Waals surface area contributed by atoms with Crippen LogP contribution in [0.5, 0.6) is 11.5 Å². The third kappa shape index (κ3) is 3.40. The highest BCUT2D eigenvalue weighted by molar-refractivity contribution is 8.04. The van der Waals surface area contributed by atoms with Crippen molar-refractivity contribution in [3.63, 3.8) is 0 Å². The molecule has 2 nitrogen and oxygen atoms in total. The fraction of sp³-hybridized carbons (Fsp3) is 0.0588. The predicted octanol–water partition coefficient (Wildman–Crippen LogP) is 5.38. The van der Waals surface area contributed by atoms with Crippen LogP contribution >= 0.6 is 23.1 Å². The SMILES string of the molecule is COc1cc(O)cc(/C=C/Sc2cc3ccccc3s2)c1. The lowest BCUT2D eigenvalue weighted by Gasteiger charge is -2.02. The normalized spacial score (nSPS) is 11.3. The van der Waals surface area contributed by atoms with E-state index in [0.29, 0.717) is 5.75 Å². The van der Waals surface area contributed by atoms with Crippen LogP contribution in [-0.4, -0.2) is 12.2 Å². The first-order chi connectivity index (χ1) is 10.2. The smallest absolute Gasteiger partial charge is 0.123 e. The summed E-state index contributed by atoms with van der Waals surface area (Å²) in [6, 6.07) is 15.8. The Labute approximate surface area is 131 Å². The summed E-state index contributed by atoms with van der Waals surface area (Å²) >= 11 is 3.46. The third-order valence-electron chi connectivity index (χ3n) is 3.00. The number of thiophene rings is 1. The fourth-order valence-electron chi connectivity index (χ4n) is 2.02. The number of methoxy groups -OCH3 is 1. The molecule has 3 rings (SSSR count). The molecule has 0 atom stereocenters. The number of aromatic hydroxyl groups is 1. The van der Waals surface area contributed by atoms with Crippen LogP contribution in [0, 0.1) is 0 Å². The molecule has 0 amide bonds. The highest BCUT2D eigenvalue weighted by Crippen LogP contribution is 2.34. The maximum absolute atomic E-state index is 9.62. The summed E-state index contributed by atoms with van der Waals surface area (Å²) in [5, 5.41) is 12.9. The zero-order valence-electron chi connectivity index (χ0n) is 11.4. The van der Waals surface area contributed by atoms with Gasteiger partial charge in [0.25, 0.3) is 0 Å². The van der Waals surface area contributed by atoms with Gasteiger partial charge in [-0.2, -0.15) is 0 Å². The number of phenolic OH excluding ortho intramolecular Hbond substituents is 1. The standard InChI is InChI=1S/C17H14O2S2/c1-19-15-9-12(8-14(18)11-15)6-7-20-17-10-13-4-2-3-5-16(13)21-17/h2-11,18H,1H3/b7-6+. The Morgan fingerprint density at radius 1 is 1.14 bits per heavy atom. The van der Waals surface area contributed by atoms with Gasteiger partial charge < -0.3 is 9.84 Å². The van der Waals surface area contributed by atoms with Gasteiger partial charge in [-0.25, -0.2) is 0 Å². The highest BCUT2D eigenvalue weighted by Gasteiger charge is 2.00. The quantitative estimate of drug-likeness (QED) is 0.656. The maximum atomic E-state index is 9.62. The van der Waals surface area contributed by atoms with Gasteiger partial charge in [-0.15, -0.1) is 11.3 Å². The van der Waals surface area contributed by atoms with Gasteiger partial charge >= 0.3 is 0 Å². The Balaban J connectivity index is 1.76. The maximum Gasteiger partial charge on any atom is 0.123 e. The lowest BCUT2D eigenvalue weighted by atomic mass is 10.2. The minimum atomic E-state index is 0.209. The van der Waals surface area contributed by atoms with Crippen LogP contribution in [0.1, 0.15) is 5.56 Å². The van der Waals surface area contributed by atoms with Crippen molar-refractivity contribution >= 4 is 39.3 Å². The van der Waals surface area contributed by atoms with Gasteiger partial charge in [0.05, 0.1) is 11.3 Å². The molecule has 0 spiro atoms. The van der Waals surface area contributed by atoms with Crippen molar-refractivity contribution in [1.29, 1.82) is 0 Å². The van der Waals surface area contributed by atoms with Crippen molar-refractivity contribution in [2.75, 3.05) is 7.11 Å². The highest BCUT2D eigenvalue weighted by atomic mass is 32.2. The topological polar surface area (TPSA) is 29.5 Å². The summed E-state index contributed by atoms with van der Waals surface area (Å²) in [5.74, 6) is 0.863. The van der Waals surface area contributed by atoms with E-state index < -0.39 is 0 Å². The summed E-state index contributed by atoms with van der Waals surface area (Å²) < 4.78 is 7.69. The molecular weight excluding hydrogens is 300 g/mol. The molecular formula is C17H14O2S2. The molecule has 0 fully saturated rings.